The molecule has 9 heteroatoms. The highest BCUT2D eigenvalue weighted by Gasteiger charge is 2.52. The van der Waals surface area contributed by atoms with Gasteiger partial charge in [-0.05, 0) is 53.9 Å². The number of methoxy groups -OCH3 is 1. The fraction of sp³-hybridized carbons (Fsp3) is 0.259. The van der Waals surface area contributed by atoms with Crippen LogP contribution in [0.15, 0.2) is 82.5 Å². The van der Waals surface area contributed by atoms with Crippen molar-refractivity contribution in [3.63, 3.8) is 0 Å². The zero-order valence-electron chi connectivity index (χ0n) is 20.0. The molecule has 3 aromatic rings. The Morgan fingerprint density at radius 2 is 1.86 bits per heavy atom. The van der Waals surface area contributed by atoms with Crippen LogP contribution in [0.1, 0.15) is 42.7 Å². The second-order valence-corrected chi connectivity index (χ2v) is 8.70. The lowest BCUT2D eigenvalue weighted by atomic mass is 9.87. The number of nitrogens with zero attached hydrogens (tertiary/aromatic N) is 3. The van der Waals surface area contributed by atoms with E-state index in [0.717, 1.165) is 10.5 Å². The van der Waals surface area contributed by atoms with Crippen LogP contribution in [-0.4, -0.2) is 47.1 Å². The third-order valence-electron chi connectivity index (χ3n) is 6.73. The Morgan fingerprint density at radius 3 is 2.50 bits per heavy atom. The maximum absolute atomic E-state index is 13.5. The highest BCUT2D eigenvalue weighted by molar-refractivity contribution is 6.10. The van der Waals surface area contributed by atoms with Crippen molar-refractivity contribution < 1.29 is 23.5 Å². The molecular weight excluding hydrogens is 460 g/mol. The van der Waals surface area contributed by atoms with E-state index >= 15 is 0 Å². The Kier molecular flexibility index (Phi) is 6.05. The van der Waals surface area contributed by atoms with Gasteiger partial charge in [-0.15, -0.1) is 0 Å². The van der Waals surface area contributed by atoms with Gasteiger partial charge >= 0.3 is 6.03 Å². The first-order valence-corrected chi connectivity index (χ1v) is 11.7. The molecule has 1 N–H and O–H groups in total. The zero-order chi connectivity index (χ0) is 25.3. The minimum absolute atomic E-state index is 0.352. The van der Waals surface area contributed by atoms with Crippen molar-refractivity contribution in [2.24, 2.45) is 5.10 Å². The van der Waals surface area contributed by atoms with Crippen LogP contribution in [0.5, 0.6) is 5.75 Å². The van der Waals surface area contributed by atoms with E-state index in [1.54, 1.807) is 31.4 Å². The molecule has 9 nitrogen and oxygen atoms in total. The van der Waals surface area contributed by atoms with Gasteiger partial charge < -0.3 is 14.5 Å². The van der Waals surface area contributed by atoms with Gasteiger partial charge in [0.1, 0.15) is 29.6 Å². The first kappa shape index (κ1) is 23.3. The molecule has 2 aliphatic rings. The number of amides is 4. The predicted molar refractivity (Wildman–Crippen MR) is 131 cm³/mol. The van der Waals surface area contributed by atoms with Gasteiger partial charge in [-0.3, -0.25) is 14.5 Å². The van der Waals surface area contributed by atoms with Crippen molar-refractivity contribution in [1.29, 1.82) is 0 Å². The van der Waals surface area contributed by atoms with E-state index in [2.05, 4.69) is 10.4 Å². The molecule has 1 saturated heterocycles. The number of benzene rings is 2. The van der Waals surface area contributed by atoms with Crippen molar-refractivity contribution in [3.05, 3.63) is 89.9 Å². The molecule has 2 aliphatic heterocycles. The van der Waals surface area contributed by atoms with E-state index in [-0.39, 0.29) is 0 Å². The van der Waals surface area contributed by atoms with Crippen molar-refractivity contribution in [1.82, 2.24) is 15.2 Å². The van der Waals surface area contributed by atoms with Crippen LogP contribution in [0.3, 0.4) is 0 Å². The molecule has 0 bridgehead atoms. The number of hydrogen-bond acceptors (Lipinski definition) is 6. The van der Waals surface area contributed by atoms with E-state index in [4.69, 9.17) is 9.15 Å². The number of urea groups is 1. The SMILES string of the molecule is CC[C@@]1(c2ccccc2)NC(=O)N(CC(=O)N2N=C(c3ccc(OC)cc3)C[C@@H]2c2ccco2)C1=O. The topological polar surface area (TPSA) is 104 Å². The van der Waals surface area contributed by atoms with E-state index in [1.807, 2.05) is 49.4 Å². The first-order chi connectivity index (χ1) is 17.5. The Morgan fingerprint density at radius 1 is 1.11 bits per heavy atom. The number of ether oxygens (including phenoxy) is 1. The highest BCUT2D eigenvalue weighted by atomic mass is 16.5. The number of rotatable bonds is 7. The second-order valence-electron chi connectivity index (χ2n) is 8.70. The summed E-state index contributed by atoms with van der Waals surface area (Å²) < 4.78 is 10.8. The number of imide groups is 1. The van der Waals surface area contributed by atoms with Crippen LogP contribution in [0, 0.1) is 0 Å². The summed E-state index contributed by atoms with van der Waals surface area (Å²) in [4.78, 5) is 40.8. The molecule has 2 aromatic carbocycles. The summed E-state index contributed by atoms with van der Waals surface area (Å²) in [5, 5.41) is 8.71. The van der Waals surface area contributed by atoms with Gasteiger partial charge in [-0.1, -0.05) is 37.3 Å². The van der Waals surface area contributed by atoms with E-state index < -0.39 is 36.0 Å². The number of hydrogen-bond donors (Lipinski definition) is 1. The normalized spacial score (nSPS) is 21.5. The molecule has 2 atom stereocenters. The fourth-order valence-corrected chi connectivity index (χ4v) is 4.74. The lowest BCUT2D eigenvalue weighted by Crippen LogP contribution is -2.45. The molecule has 4 amide bonds. The third-order valence-corrected chi connectivity index (χ3v) is 6.73. The summed E-state index contributed by atoms with van der Waals surface area (Å²) in [6, 6.07) is 18.9. The molecule has 0 spiro atoms. The monoisotopic (exact) mass is 486 g/mol. The standard InChI is InChI=1S/C27H26N4O5/c1-3-27(19-8-5-4-6-9-19)25(33)30(26(34)28-27)17-24(32)31-22(23-10-7-15-36-23)16-21(29-31)18-11-13-20(35-2)14-12-18/h4-15,22H,3,16-17H2,1-2H3,(H,28,34)/t22-,27+/m1/s1. The maximum Gasteiger partial charge on any atom is 0.325 e. The van der Waals surface area contributed by atoms with Gasteiger partial charge in [0, 0.05) is 6.42 Å². The molecule has 0 saturated carbocycles. The maximum atomic E-state index is 13.5. The van der Waals surface area contributed by atoms with Crippen LogP contribution < -0.4 is 10.1 Å². The van der Waals surface area contributed by atoms with Crippen LogP contribution in [0.2, 0.25) is 0 Å². The Bertz CT molecular complexity index is 1300. The van der Waals surface area contributed by atoms with Crippen LogP contribution in [-0.2, 0) is 15.1 Å². The molecular formula is C27H26N4O5. The van der Waals surface area contributed by atoms with Gasteiger partial charge in [-0.2, -0.15) is 5.10 Å². The molecule has 3 heterocycles. The van der Waals surface area contributed by atoms with Gasteiger partial charge in [0.2, 0.25) is 0 Å². The van der Waals surface area contributed by atoms with Crippen LogP contribution >= 0.6 is 0 Å². The number of nitrogens with one attached hydrogen (secondary N) is 1. The highest BCUT2D eigenvalue weighted by Crippen LogP contribution is 2.35. The van der Waals surface area contributed by atoms with Crippen LogP contribution in [0.25, 0.3) is 0 Å². The summed E-state index contributed by atoms with van der Waals surface area (Å²) >= 11 is 0. The summed E-state index contributed by atoms with van der Waals surface area (Å²) in [6.45, 7) is 1.39. The third kappa shape index (κ3) is 3.92. The lowest BCUT2D eigenvalue weighted by Gasteiger charge is -2.26. The molecule has 36 heavy (non-hydrogen) atoms. The van der Waals surface area contributed by atoms with Gasteiger partial charge in [0.15, 0.2) is 0 Å². The molecule has 5 rings (SSSR count). The van der Waals surface area contributed by atoms with E-state index in [9.17, 15) is 14.4 Å². The second kappa shape index (κ2) is 9.33. The van der Waals surface area contributed by atoms with E-state index in [0.29, 0.717) is 35.6 Å². The van der Waals surface area contributed by atoms with Gasteiger partial charge in [0.05, 0.1) is 19.1 Å². The molecule has 184 valence electrons. The first-order valence-electron chi connectivity index (χ1n) is 11.7. The molecule has 1 fully saturated rings. The largest absolute Gasteiger partial charge is 0.497 e. The Balaban J connectivity index is 1.42. The average Bonchev–Trinajstić information content (AvgIpc) is 3.65. The van der Waals surface area contributed by atoms with Crippen LogP contribution in [0.4, 0.5) is 4.79 Å². The fourth-order valence-electron chi connectivity index (χ4n) is 4.74. The zero-order valence-corrected chi connectivity index (χ0v) is 20.0. The van der Waals surface area contributed by atoms with Crippen molar-refractivity contribution in [2.75, 3.05) is 13.7 Å². The quantitative estimate of drug-likeness (QED) is 0.511. The summed E-state index contributed by atoms with van der Waals surface area (Å²) in [5.74, 6) is 0.343. The average molecular weight is 487 g/mol. The Labute approximate surface area is 208 Å². The number of carbonyl (C=O) groups is 3. The number of hydrazone groups is 1. The van der Waals surface area contributed by atoms with Crippen molar-refractivity contribution in [2.45, 2.75) is 31.3 Å². The Hall–Kier alpha value is -4.40. The van der Waals surface area contributed by atoms with E-state index in [1.165, 1.54) is 11.3 Å². The summed E-state index contributed by atoms with van der Waals surface area (Å²) in [7, 11) is 1.59. The summed E-state index contributed by atoms with van der Waals surface area (Å²) in [6.07, 6.45) is 2.32. The number of carbonyl (C=O) groups excluding carboxylic acids is 3. The number of furan rings is 1. The van der Waals surface area contributed by atoms with Crippen molar-refractivity contribution in [3.8, 4) is 5.75 Å². The van der Waals surface area contributed by atoms with Gasteiger partial charge in [-0.25, -0.2) is 9.80 Å². The lowest BCUT2D eigenvalue weighted by molar-refractivity contribution is -0.140. The minimum atomic E-state index is -1.21. The smallest absolute Gasteiger partial charge is 0.325 e. The van der Waals surface area contributed by atoms with Crippen molar-refractivity contribution >= 4 is 23.6 Å². The molecule has 1 aromatic heterocycles. The minimum Gasteiger partial charge on any atom is -0.497 e. The predicted octanol–water partition coefficient (Wildman–Crippen LogP) is 3.82. The van der Waals surface area contributed by atoms with Gasteiger partial charge in [0.25, 0.3) is 11.8 Å². The molecule has 0 radical (unpaired) electrons. The summed E-state index contributed by atoms with van der Waals surface area (Å²) in [5.41, 5.74) is 1.00. The molecule has 0 aliphatic carbocycles. The molecule has 0 unspecified atom stereocenters.